The van der Waals surface area contributed by atoms with E-state index in [2.05, 4.69) is 15.5 Å². The maximum atomic E-state index is 13.0. The molecule has 1 fully saturated rings. The number of aromatic nitrogens is 2. The summed E-state index contributed by atoms with van der Waals surface area (Å²) in [5.74, 6) is -0.906. The van der Waals surface area contributed by atoms with Gasteiger partial charge in [0.1, 0.15) is 6.04 Å². The van der Waals surface area contributed by atoms with E-state index < -0.39 is 17.9 Å². The molecule has 1 unspecified atom stereocenters. The number of hydrogen-bond donors (Lipinski definition) is 2. The standard InChI is InChI=1S/C19H25N3O4/c1-9(2)7-14(19(24)25)20-17(23)12-8-13(11-5-6-11)21-18-15(12)16(10(3)4)22-26-18/h8-11,14H,5-7H2,1-4H3,(H,20,23)(H,24,25). The molecule has 0 aliphatic heterocycles. The highest BCUT2D eigenvalue weighted by molar-refractivity contribution is 6.07. The Balaban J connectivity index is 2.02. The first-order valence-electron chi connectivity index (χ1n) is 9.11. The van der Waals surface area contributed by atoms with Crippen LogP contribution in [0.1, 0.15) is 80.5 Å². The molecule has 3 rings (SSSR count). The number of carboxylic acid groups (broad SMARTS) is 1. The summed E-state index contributed by atoms with van der Waals surface area (Å²) in [5.41, 5.74) is 2.22. The Morgan fingerprint density at radius 1 is 1.31 bits per heavy atom. The quantitative estimate of drug-likeness (QED) is 0.784. The van der Waals surface area contributed by atoms with Crippen molar-refractivity contribution >= 4 is 23.0 Å². The number of amides is 1. The molecular weight excluding hydrogens is 334 g/mol. The topological polar surface area (TPSA) is 105 Å². The fourth-order valence-corrected chi connectivity index (χ4v) is 3.08. The van der Waals surface area contributed by atoms with E-state index in [9.17, 15) is 14.7 Å². The van der Waals surface area contributed by atoms with Gasteiger partial charge in [-0.3, -0.25) is 4.79 Å². The summed E-state index contributed by atoms with van der Waals surface area (Å²) >= 11 is 0. The third-order valence-corrected chi connectivity index (χ3v) is 4.59. The molecule has 1 saturated carbocycles. The van der Waals surface area contributed by atoms with Crippen LogP contribution in [-0.2, 0) is 4.79 Å². The molecule has 0 radical (unpaired) electrons. The number of pyridine rings is 1. The number of carbonyl (C=O) groups excluding carboxylic acids is 1. The number of aliphatic carboxylic acids is 1. The van der Waals surface area contributed by atoms with Crippen molar-refractivity contribution in [1.82, 2.24) is 15.5 Å². The first-order valence-corrected chi connectivity index (χ1v) is 9.11. The average molecular weight is 359 g/mol. The molecule has 1 aliphatic rings. The second-order valence-electron chi connectivity index (χ2n) is 7.77. The minimum atomic E-state index is -1.03. The van der Waals surface area contributed by atoms with Gasteiger partial charge in [-0.1, -0.05) is 32.9 Å². The van der Waals surface area contributed by atoms with E-state index in [1.54, 1.807) is 6.07 Å². The van der Waals surface area contributed by atoms with Gasteiger partial charge >= 0.3 is 5.97 Å². The first-order chi connectivity index (χ1) is 12.3. The van der Waals surface area contributed by atoms with E-state index in [0.717, 1.165) is 18.5 Å². The molecule has 0 aromatic carbocycles. The van der Waals surface area contributed by atoms with Crippen LogP contribution in [0.4, 0.5) is 0 Å². The van der Waals surface area contributed by atoms with E-state index in [4.69, 9.17) is 4.52 Å². The van der Waals surface area contributed by atoms with Crippen molar-refractivity contribution in [2.45, 2.75) is 64.8 Å². The Morgan fingerprint density at radius 2 is 2.00 bits per heavy atom. The normalized spacial score (nSPS) is 15.6. The largest absolute Gasteiger partial charge is 0.480 e. The van der Waals surface area contributed by atoms with Crippen LogP contribution in [0, 0.1) is 5.92 Å². The smallest absolute Gasteiger partial charge is 0.326 e. The number of carboxylic acids is 1. The minimum absolute atomic E-state index is 0.0577. The van der Waals surface area contributed by atoms with Crippen molar-refractivity contribution in [1.29, 1.82) is 0 Å². The second kappa shape index (κ2) is 7.05. The van der Waals surface area contributed by atoms with Gasteiger partial charge in [0.15, 0.2) is 0 Å². The summed E-state index contributed by atoms with van der Waals surface area (Å²) in [6, 6.07) is 0.838. The van der Waals surface area contributed by atoms with E-state index in [1.807, 2.05) is 27.7 Å². The predicted molar refractivity (Wildman–Crippen MR) is 96.2 cm³/mol. The lowest BCUT2D eigenvalue weighted by molar-refractivity contribution is -0.139. The van der Waals surface area contributed by atoms with Crippen LogP contribution >= 0.6 is 0 Å². The number of rotatable bonds is 7. The van der Waals surface area contributed by atoms with Crippen molar-refractivity contribution in [3.05, 3.63) is 23.0 Å². The molecule has 0 saturated heterocycles. The number of nitrogens with one attached hydrogen (secondary N) is 1. The van der Waals surface area contributed by atoms with Crippen LogP contribution in [0.5, 0.6) is 0 Å². The molecule has 1 aliphatic carbocycles. The molecule has 7 nitrogen and oxygen atoms in total. The van der Waals surface area contributed by atoms with Gasteiger partial charge in [0.05, 0.1) is 16.6 Å². The molecule has 2 aromatic heterocycles. The van der Waals surface area contributed by atoms with E-state index in [-0.39, 0.29) is 11.8 Å². The number of carbonyl (C=O) groups is 2. The average Bonchev–Trinajstić information content (AvgIpc) is 3.31. The highest BCUT2D eigenvalue weighted by Gasteiger charge is 2.30. The number of fused-ring (bicyclic) bond motifs is 1. The fourth-order valence-electron chi connectivity index (χ4n) is 3.08. The molecule has 1 amide bonds. The first kappa shape index (κ1) is 18.4. The summed E-state index contributed by atoms with van der Waals surface area (Å²) < 4.78 is 5.38. The molecular formula is C19H25N3O4. The van der Waals surface area contributed by atoms with Gasteiger partial charge in [0.2, 0.25) is 0 Å². The van der Waals surface area contributed by atoms with Crippen LogP contribution in [0.15, 0.2) is 10.6 Å². The molecule has 2 heterocycles. The molecule has 0 bridgehead atoms. The monoisotopic (exact) mass is 359 g/mol. The zero-order valence-electron chi connectivity index (χ0n) is 15.6. The van der Waals surface area contributed by atoms with E-state index in [0.29, 0.717) is 34.7 Å². The Hall–Kier alpha value is -2.44. The van der Waals surface area contributed by atoms with Gasteiger partial charge < -0.3 is 14.9 Å². The van der Waals surface area contributed by atoms with Crippen molar-refractivity contribution in [3.8, 4) is 0 Å². The lowest BCUT2D eigenvalue weighted by atomic mass is 10.00. The molecule has 1 atom stereocenters. The third kappa shape index (κ3) is 3.71. The molecule has 140 valence electrons. The Morgan fingerprint density at radius 3 is 2.54 bits per heavy atom. The summed E-state index contributed by atoms with van der Waals surface area (Å²) in [6.07, 6.45) is 2.44. The Labute approximate surface area is 152 Å². The summed E-state index contributed by atoms with van der Waals surface area (Å²) in [4.78, 5) is 29.0. The van der Waals surface area contributed by atoms with Gasteiger partial charge in [-0.2, -0.15) is 0 Å². The lowest BCUT2D eigenvalue weighted by Gasteiger charge is -2.17. The van der Waals surface area contributed by atoms with Crippen LogP contribution in [-0.4, -0.2) is 33.2 Å². The molecule has 0 spiro atoms. The van der Waals surface area contributed by atoms with E-state index >= 15 is 0 Å². The SMILES string of the molecule is CC(C)CC(NC(=O)c1cc(C2CC2)nc2onc(C(C)C)c12)C(=O)O. The minimum Gasteiger partial charge on any atom is -0.480 e. The maximum Gasteiger partial charge on any atom is 0.326 e. The van der Waals surface area contributed by atoms with Crippen LogP contribution in [0.2, 0.25) is 0 Å². The van der Waals surface area contributed by atoms with Crippen molar-refractivity contribution in [2.24, 2.45) is 5.92 Å². The highest BCUT2D eigenvalue weighted by atomic mass is 16.5. The van der Waals surface area contributed by atoms with Gasteiger partial charge in [-0.15, -0.1) is 0 Å². The maximum absolute atomic E-state index is 13.0. The van der Waals surface area contributed by atoms with Gasteiger partial charge in [0, 0.05) is 11.6 Å². The Kier molecular flexibility index (Phi) is 4.98. The zero-order valence-corrected chi connectivity index (χ0v) is 15.6. The third-order valence-electron chi connectivity index (χ3n) is 4.59. The summed E-state index contributed by atoms with van der Waals surface area (Å²) in [5, 5.41) is 16.8. The van der Waals surface area contributed by atoms with Gasteiger partial charge in [-0.05, 0) is 37.2 Å². The lowest BCUT2D eigenvalue weighted by Crippen LogP contribution is -2.41. The second-order valence-corrected chi connectivity index (χ2v) is 7.77. The van der Waals surface area contributed by atoms with Crippen molar-refractivity contribution in [2.75, 3.05) is 0 Å². The summed E-state index contributed by atoms with van der Waals surface area (Å²) in [6.45, 7) is 7.78. The van der Waals surface area contributed by atoms with Crippen LogP contribution in [0.3, 0.4) is 0 Å². The zero-order chi connectivity index (χ0) is 19.0. The van der Waals surface area contributed by atoms with Crippen molar-refractivity contribution < 1.29 is 19.2 Å². The van der Waals surface area contributed by atoms with Gasteiger partial charge in [0.25, 0.3) is 11.6 Å². The van der Waals surface area contributed by atoms with Gasteiger partial charge in [-0.25, -0.2) is 9.78 Å². The predicted octanol–water partition coefficient (Wildman–Crippen LogP) is 3.45. The number of hydrogen-bond acceptors (Lipinski definition) is 5. The molecule has 2 aromatic rings. The van der Waals surface area contributed by atoms with Crippen LogP contribution in [0.25, 0.3) is 11.1 Å². The molecule has 26 heavy (non-hydrogen) atoms. The highest BCUT2D eigenvalue weighted by Crippen LogP contribution is 2.41. The Bertz CT molecular complexity index is 837. The summed E-state index contributed by atoms with van der Waals surface area (Å²) in [7, 11) is 0. The van der Waals surface area contributed by atoms with E-state index in [1.165, 1.54) is 0 Å². The van der Waals surface area contributed by atoms with Crippen molar-refractivity contribution in [3.63, 3.8) is 0 Å². The molecule has 2 N–H and O–H groups in total. The fraction of sp³-hybridized carbons (Fsp3) is 0.579. The number of nitrogens with zero attached hydrogens (tertiary/aromatic N) is 2. The molecule has 7 heteroatoms. The van der Waals surface area contributed by atoms with Crippen LogP contribution < -0.4 is 5.32 Å².